The molecule has 0 saturated carbocycles. The number of nitro benzene ring substituents is 1. The highest BCUT2D eigenvalue weighted by Crippen LogP contribution is 2.15. The average molecular weight is 289 g/mol. The van der Waals surface area contributed by atoms with E-state index in [4.69, 9.17) is 10.8 Å². The van der Waals surface area contributed by atoms with Crippen molar-refractivity contribution in [2.24, 2.45) is 5.73 Å². The number of nitro groups is 1. The molecule has 9 heteroatoms. The lowest BCUT2D eigenvalue weighted by molar-refractivity contribution is -0.384. The van der Waals surface area contributed by atoms with Crippen molar-refractivity contribution in [3.05, 3.63) is 34.4 Å². The monoisotopic (exact) mass is 289 g/mol. The van der Waals surface area contributed by atoms with Crippen LogP contribution in [0.2, 0.25) is 0 Å². The van der Waals surface area contributed by atoms with Crippen molar-refractivity contribution >= 4 is 15.7 Å². The summed E-state index contributed by atoms with van der Waals surface area (Å²) in [6, 6.07) is 3.74. The molecule has 1 aromatic rings. The first kappa shape index (κ1) is 15.5. The molecule has 8 nitrogen and oxygen atoms in total. The van der Waals surface area contributed by atoms with Crippen molar-refractivity contribution in [3.8, 4) is 0 Å². The van der Waals surface area contributed by atoms with Crippen molar-refractivity contribution in [1.29, 1.82) is 0 Å². The smallest absolute Gasteiger partial charge is 0.269 e. The number of nitrogens with zero attached hydrogens (tertiary/aromatic N) is 1. The van der Waals surface area contributed by atoms with Gasteiger partial charge in [0.05, 0.1) is 15.9 Å². The number of hydrogen-bond donors (Lipinski definition) is 3. The van der Waals surface area contributed by atoms with E-state index >= 15 is 0 Å². The van der Waals surface area contributed by atoms with Crippen LogP contribution in [0, 0.1) is 10.1 Å². The van der Waals surface area contributed by atoms with Gasteiger partial charge >= 0.3 is 0 Å². The van der Waals surface area contributed by atoms with E-state index in [0.717, 1.165) is 24.3 Å². The van der Waals surface area contributed by atoms with E-state index in [1.54, 1.807) is 0 Å². The van der Waals surface area contributed by atoms with Gasteiger partial charge in [-0.3, -0.25) is 10.1 Å². The molecule has 0 saturated heterocycles. The molecule has 0 bridgehead atoms. The van der Waals surface area contributed by atoms with Gasteiger partial charge in [0.15, 0.2) is 0 Å². The minimum Gasteiger partial charge on any atom is -0.392 e. The molecule has 2 atom stereocenters. The van der Waals surface area contributed by atoms with Crippen molar-refractivity contribution in [1.82, 2.24) is 4.72 Å². The normalized spacial score (nSPS) is 14.9. The molecule has 0 fully saturated rings. The molecule has 19 heavy (non-hydrogen) atoms. The first-order valence-electron chi connectivity index (χ1n) is 5.42. The lowest BCUT2D eigenvalue weighted by atomic mass is 10.2. The Balaban J connectivity index is 2.80. The molecule has 1 rings (SSSR count). The molecular weight excluding hydrogens is 274 g/mol. The Kier molecular flexibility index (Phi) is 4.95. The lowest BCUT2D eigenvalue weighted by Gasteiger charge is -2.15. The minimum atomic E-state index is -3.80. The van der Waals surface area contributed by atoms with E-state index in [9.17, 15) is 18.5 Å². The number of nitrogens with one attached hydrogen (secondary N) is 1. The summed E-state index contributed by atoms with van der Waals surface area (Å²) in [5, 5.41) is 19.6. The molecule has 0 aromatic heterocycles. The quantitative estimate of drug-likeness (QED) is 0.480. The first-order valence-corrected chi connectivity index (χ1v) is 6.90. The van der Waals surface area contributed by atoms with Crippen LogP contribution in [0.3, 0.4) is 0 Å². The molecule has 0 spiro atoms. The second-order valence-corrected chi connectivity index (χ2v) is 5.77. The van der Waals surface area contributed by atoms with E-state index in [-0.39, 0.29) is 17.1 Å². The summed E-state index contributed by atoms with van der Waals surface area (Å²) >= 11 is 0. The number of benzene rings is 1. The topological polar surface area (TPSA) is 136 Å². The molecule has 0 aliphatic carbocycles. The molecule has 106 valence electrons. The second-order valence-electron chi connectivity index (χ2n) is 4.01. The van der Waals surface area contributed by atoms with E-state index in [1.807, 2.05) is 0 Å². The number of non-ortho nitro benzene ring substituents is 1. The average Bonchev–Trinajstić information content (AvgIpc) is 2.36. The predicted molar refractivity (Wildman–Crippen MR) is 67.9 cm³/mol. The van der Waals surface area contributed by atoms with E-state index < -0.39 is 27.1 Å². The third-order valence-electron chi connectivity index (χ3n) is 2.49. The number of aliphatic hydroxyl groups is 1. The largest absolute Gasteiger partial charge is 0.392 e. The van der Waals surface area contributed by atoms with Crippen molar-refractivity contribution in [3.63, 3.8) is 0 Å². The summed E-state index contributed by atoms with van der Waals surface area (Å²) in [5.74, 6) is 0. The highest BCUT2D eigenvalue weighted by atomic mass is 32.2. The van der Waals surface area contributed by atoms with Gasteiger partial charge in [0.25, 0.3) is 5.69 Å². The van der Waals surface area contributed by atoms with Gasteiger partial charge in [0.2, 0.25) is 10.0 Å². The maximum absolute atomic E-state index is 11.8. The predicted octanol–water partition coefficient (Wildman–Crippen LogP) is -0.419. The molecule has 1 aromatic carbocycles. The number of aliphatic hydroxyl groups excluding tert-OH is 1. The molecule has 0 amide bonds. The van der Waals surface area contributed by atoms with Crippen LogP contribution < -0.4 is 10.5 Å². The third-order valence-corrected chi connectivity index (χ3v) is 3.93. The fourth-order valence-electron chi connectivity index (χ4n) is 1.21. The first-order chi connectivity index (χ1) is 8.74. The SMILES string of the molecule is CC(O)C(N)CNS(=O)(=O)c1ccc([N+](=O)[O-])cc1. The highest BCUT2D eigenvalue weighted by molar-refractivity contribution is 7.89. The second kappa shape index (κ2) is 6.06. The van der Waals surface area contributed by atoms with Crippen molar-refractivity contribution < 1.29 is 18.4 Å². The molecule has 0 aliphatic rings. The standard InChI is InChI=1S/C10H15N3O5S/c1-7(14)10(11)6-12-19(17,18)9-4-2-8(3-5-9)13(15)16/h2-5,7,10,12,14H,6,11H2,1H3. The third kappa shape index (κ3) is 4.24. The Hall–Kier alpha value is -1.55. The van der Waals surface area contributed by atoms with Gasteiger partial charge in [-0.2, -0.15) is 0 Å². The summed E-state index contributed by atoms with van der Waals surface area (Å²) in [7, 11) is -3.80. The number of sulfonamides is 1. The Morgan fingerprint density at radius 1 is 1.42 bits per heavy atom. The van der Waals surface area contributed by atoms with Gasteiger partial charge in [-0.25, -0.2) is 13.1 Å². The van der Waals surface area contributed by atoms with E-state index in [1.165, 1.54) is 6.92 Å². The molecule has 0 heterocycles. The molecule has 4 N–H and O–H groups in total. The zero-order chi connectivity index (χ0) is 14.6. The minimum absolute atomic E-state index is 0.101. The van der Waals surface area contributed by atoms with E-state index in [2.05, 4.69) is 4.72 Å². The van der Waals surface area contributed by atoms with Crippen LogP contribution in [0.25, 0.3) is 0 Å². The fraction of sp³-hybridized carbons (Fsp3) is 0.400. The summed E-state index contributed by atoms with van der Waals surface area (Å²) < 4.78 is 25.9. The van der Waals surface area contributed by atoms with Crippen LogP contribution >= 0.6 is 0 Å². The highest BCUT2D eigenvalue weighted by Gasteiger charge is 2.18. The summed E-state index contributed by atoms with van der Waals surface area (Å²) in [6.45, 7) is 1.32. The molecule has 0 aliphatic heterocycles. The van der Waals surface area contributed by atoms with Crippen molar-refractivity contribution in [2.45, 2.75) is 24.0 Å². The van der Waals surface area contributed by atoms with Crippen LogP contribution in [0.4, 0.5) is 5.69 Å². The van der Waals surface area contributed by atoms with Crippen LogP contribution in [-0.2, 0) is 10.0 Å². The molecular formula is C10H15N3O5S. The van der Waals surface area contributed by atoms with Gasteiger partial charge in [0, 0.05) is 24.7 Å². The number of rotatable bonds is 6. The van der Waals surface area contributed by atoms with Crippen LogP contribution in [0.5, 0.6) is 0 Å². The maximum atomic E-state index is 11.8. The Labute approximate surface area is 110 Å². The van der Waals surface area contributed by atoms with Crippen LogP contribution in [0.1, 0.15) is 6.92 Å². The summed E-state index contributed by atoms with van der Waals surface area (Å²) in [5.41, 5.74) is 5.30. The Morgan fingerprint density at radius 3 is 2.37 bits per heavy atom. The van der Waals surface area contributed by atoms with Crippen LogP contribution in [-0.4, -0.2) is 37.1 Å². The van der Waals surface area contributed by atoms with Crippen LogP contribution in [0.15, 0.2) is 29.2 Å². The lowest BCUT2D eigenvalue weighted by Crippen LogP contribution is -2.43. The Bertz CT molecular complexity index is 541. The van der Waals surface area contributed by atoms with Crippen molar-refractivity contribution in [2.75, 3.05) is 6.54 Å². The van der Waals surface area contributed by atoms with Gasteiger partial charge < -0.3 is 10.8 Å². The molecule has 2 unspecified atom stereocenters. The zero-order valence-electron chi connectivity index (χ0n) is 10.2. The zero-order valence-corrected chi connectivity index (χ0v) is 11.0. The summed E-state index contributed by atoms with van der Waals surface area (Å²) in [4.78, 5) is 9.73. The maximum Gasteiger partial charge on any atom is 0.269 e. The van der Waals surface area contributed by atoms with Gasteiger partial charge in [-0.1, -0.05) is 0 Å². The van der Waals surface area contributed by atoms with Gasteiger partial charge in [-0.05, 0) is 19.1 Å². The molecule has 0 radical (unpaired) electrons. The summed E-state index contributed by atoms with van der Waals surface area (Å²) in [6.07, 6.45) is -0.848. The number of hydrogen-bond acceptors (Lipinski definition) is 6. The Morgan fingerprint density at radius 2 is 1.95 bits per heavy atom. The number of nitrogens with two attached hydrogens (primary N) is 1. The fourth-order valence-corrected chi connectivity index (χ4v) is 2.28. The van der Waals surface area contributed by atoms with Gasteiger partial charge in [0.1, 0.15) is 0 Å². The van der Waals surface area contributed by atoms with E-state index in [0.29, 0.717) is 0 Å². The van der Waals surface area contributed by atoms with Gasteiger partial charge in [-0.15, -0.1) is 0 Å².